The summed E-state index contributed by atoms with van der Waals surface area (Å²) in [5, 5.41) is 8.99. The Bertz CT molecular complexity index is 408. The summed E-state index contributed by atoms with van der Waals surface area (Å²) in [7, 11) is -4.18. The predicted octanol–water partition coefficient (Wildman–Crippen LogP) is -1.48. The zero-order valence-electron chi connectivity index (χ0n) is 7.73. The minimum absolute atomic E-state index is 0. The van der Waals surface area contributed by atoms with Gasteiger partial charge in [-0.2, -0.15) is 8.42 Å². The van der Waals surface area contributed by atoms with E-state index in [1.165, 1.54) is 6.07 Å². The number of benzene rings is 1. The maximum Gasteiger partial charge on any atom is 1.00 e. The molecule has 0 saturated carbocycles. The van der Waals surface area contributed by atoms with Crippen LogP contribution in [0.3, 0.4) is 0 Å². The van der Waals surface area contributed by atoms with E-state index in [4.69, 9.17) is 9.66 Å². The van der Waals surface area contributed by atoms with Crippen LogP contribution in [0.5, 0.6) is 5.75 Å². The molecule has 68 valence electrons. The average Bonchev–Trinajstić information content (AvgIpc) is 1.92. The first-order valence-electron chi connectivity index (χ1n) is 2.87. The van der Waals surface area contributed by atoms with Crippen LogP contribution < -0.4 is 29.6 Å². The third kappa shape index (κ3) is 3.57. The van der Waals surface area contributed by atoms with Crippen molar-refractivity contribution in [2.24, 2.45) is 0 Å². The summed E-state index contributed by atoms with van der Waals surface area (Å²) in [6, 6.07) is 3.40. The summed E-state index contributed by atoms with van der Waals surface area (Å²) in [6.45, 7) is 0. The molecule has 0 radical (unpaired) electrons. The van der Waals surface area contributed by atoms with E-state index in [9.17, 15) is 8.42 Å². The van der Waals surface area contributed by atoms with Crippen LogP contribution in [0.25, 0.3) is 0 Å². The van der Waals surface area contributed by atoms with Gasteiger partial charge in [0.15, 0.2) is 0 Å². The quantitative estimate of drug-likeness (QED) is 0.485. The van der Waals surface area contributed by atoms with E-state index in [0.29, 0.717) is 0 Å². The van der Waals surface area contributed by atoms with Gasteiger partial charge < -0.3 is 6.53 Å². The smallest absolute Gasteiger partial charge is 1.00 e. The summed E-state index contributed by atoms with van der Waals surface area (Å²) in [4.78, 5) is -0.257. The van der Waals surface area contributed by atoms with Gasteiger partial charge in [0.2, 0.25) is 0 Å². The second-order valence-electron chi connectivity index (χ2n) is 2.09. The molecule has 0 aliphatic carbocycles. The van der Waals surface area contributed by atoms with Crippen molar-refractivity contribution in [1.29, 1.82) is 0 Å². The molecule has 0 atom stereocenters. The molecule has 0 bridgehead atoms. The van der Waals surface area contributed by atoms with Gasteiger partial charge in [0.05, 0.1) is 9.37 Å². The van der Waals surface area contributed by atoms with E-state index in [0.717, 1.165) is 12.1 Å². The molecule has 7 heteroatoms. The van der Waals surface area contributed by atoms with E-state index in [2.05, 4.69) is 15.9 Å². The zero-order chi connectivity index (χ0) is 9.35. The van der Waals surface area contributed by atoms with E-state index >= 15 is 0 Å². The number of hydrogen-bond donors (Lipinski definition) is 2. The van der Waals surface area contributed by atoms with E-state index in [1.807, 2.05) is 0 Å². The van der Waals surface area contributed by atoms with Crippen LogP contribution in [0, 0.1) is 0 Å². The first kappa shape index (κ1) is 13.4. The molecule has 1 aromatic carbocycles. The van der Waals surface area contributed by atoms with Gasteiger partial charge in [0.1, 0.15) is 5.75 Å². The van der Waals surface area contributed by atoms with Crippen molar-refractivity contribution in [3.8, 4) is 5.75 Å². The molecule has 0 aromatic heterocycles. The summed E-state index contributed by atoms with van der Waals surface area (Å²) in [5.74, 6) is -0.0811. The van der Waals surface area contributed by atoms with Crippen LogP contribution in [-0.4, -0.2) is 18.1 Å². The van der Waals surface area contributed by atoms with Gasteiger partial charge in [-0.25, -0.2) is 0 Å². The molecule has 0 aliphatic heterocycles. The third-order valence-electron chi connectivity index (χ3n) is 1.22. The number of halogens is 1. The number of phenols is 1. The Balaban J connectivity index is 0. The third-order valence-corrected chi connectivity index (χ3v) is 2.70. The first-order valence-corrected chi connectivity index (χ1v) is 5.10. The van der Waals surface area contributed by atoms with Crippen molar-refractivity contribution in [1.82, 2.24) is 0 Å². The van der Waals surface area contributed by atoms with Crippen LogP contribution >= 0.6 is 15.9 Å². The Morgan fingerprint density at radius 3 is 2.31 bits per heavy atom. The molecule has 2 N–H and O–H groups in total. The van der Waals surface area contributed by atoms with Crippen LogP contribution in [0.4, 0.5) is 0 Å². The minimum Gasteiger partial charge on any atom is -1.00 e. The van der Waals surface area contributed by atoms with Crippen molar-refractivity contribution in [2.45, 2.75) is 4.90 Å². The Morgan fingerprint density at radius 1 is 1.38 bits per heavy atom. The fourth-order valence-electron chi connectivity index (χ4n) is 0.648. The van der Waals surface area contributed by atoms with Crippen molar-refractivity contribution < 1.29 is 49.1 Å². The van der Waals surface area contributed by atoms with Gasteiger partial charge in [0.25, 0.3) is 10.1 Å². The number of rotatable bonds is 1. The normalized spacial score (nSPS) is 10.6. The van der Waals surface area contributed by atoms with Crippen LogP contribution in [0.15, 0.2) is 27.6 Å². The Labute approximate surface area is 108 Å². The molecular weight excluding hydrogens is 271 g/mol. The fourth-order valence-corrected chi connectivity index (χ4v) is 1.69. The summed E-state index contributed by atoms with van der Waals surface area (Å²) in [5.41, 5.74) is 0. The van der Waals surface area contributed by atoms with Crippen molar-refractivity contribution >= 4 is 26.0 Å². The zero-order valence-corrected chi connectivity index (χ0v) is 11.1. The first-order chi connectivity index (χ1) is 5.41. The van der Waals surface area contributed by atoms with E-state index < -0.39 is 10.1 Å². The van der Waals surface area contributed by atoms with E-state index in [1.54, 1.807) is 0 Å². The van der Waals surface area contributed by atoms with Gasteiger partial charge in [-0.05, 0) is 34.1 Å². The maximum absolute atomic E-state index is 10.5. The Kier molecular flexibility index (Phi) is 4.92. The molecule has 13 heavy (non-hydrogen) atoms. The van der Waals surface area contributed by atoms with Crippen LogP contribution in [0.1, 0.15) is 1.43 Å². The van der Waals surface area contributed by atoms with Crippen molar-refractivity contribution in [2.75, 3.05) is 0 Å². The SMILES string of the molecule is O=S(=O)(O)c1ccc(O)c(Br)c1.[H-].[Na+]. The molecule has 0 fully saturated rings. The molecule has 1 aromatic rings. The number of aromatic hydroxyl groups is 1. The summed E-state index contributed by atoms with van der Waals surface area (Å²) < 4.78 is 29.9. The molecule has 1 rings (SSSR count). The summed E-state index contributed by atoms with van der Waals surface area (Å²) in [6.07, 6.45) is 0. The minimum atomic E-state index is -4.18. The van der Waals surface area contributed by atoms with Crippen molar-refractivity contribution in [3.05, 3.63) is 22.7 Å². The predicted molar refractivity (Wildman–Crippen MR) is 46.7 cm³/mol. The van der Waals surface area contributed by atoms with Gasteiger partial charge >= 0.3 is 29.6 Å². The maximum atomic E-state index is 10.5. The molecule has 0 spiro atoms. The molecule has 0 unspecified atom stereocenters. The van der Waals surface area contributed by atoms with Crippen LogP contribution in [-0.2, 0) is 10.1 Å². The van der Waals surface area contributed by atoms with Gasteiger partial charge in [-0.3, -0.25) is 4.55 Å². The molecular formula is C6H6BrNaO4S. The summed E-state index contributed by atoms with van der Waals surface area (Å²) >= 11 is 2.91. The van der Waals surface area contributed by atoms with Crippen molar-refractivity contribution in [3.63, 3.8) is 0 Å². The molecule has 0 heterocycles. The van der Waals surface area contributed by atoms with Crippen LogP contribution in [0.2, 0.25) is 0 Å². The Hall–Kier alpha value is 0.410. The molecule has 4 nitrogen and oxygen atoms in total. The monoisotopic (exact) mass is 276 g/mol. The molecule has 0 aliphatic rings. The van der Waals surface area contributed by atoms with Gasteiger partial charge in [0, 0.05) is 0 Å². The second-order valence-corrected chi connectivity index (χ2v) is 4.36. The van der Waals surface area contributed by atoms with E-state index in [-0.39, 0.29) is 46.1 Å². The average molecular weight is 277 g/mol. The van der Waals surface area contributed by atoms with Gasteiger partial charge in [-0.1, -0.05) is 0 Å². The molecule has 0 saturated heterocycles. The Morgan fingerprint density at radius 2 is 1.92 bits per heavy atom. The topological polar surface area (TPSA) is 74.6 Å². The largest absolute Gasteiger partial charge is 1.00 e. The van der Waals surface area contributed by atoms with Gasteiger partial charge in [-0.15, -0.1) is 0 Å². The number of hydrogen-bond acceptors (Lipinski definition) is 3. The fraction of sp³-hybridized carbons (Fsp3) is 0. The second kappa shape index (κ2) is 4.77. The standard InChI is InChI=1S/C6H5BrO4S.Na.H/c7-5-3-4(12(9,10)11)1-2-6(5)8;;/h1-3,8H,(H,9,10,11);;/q;+1;-1. The molecule has 0 amide bonds. The number of phenolic OH excluding ortho intramolecular Hbond substituents is 1.